The predicted octanol–water partition coefficient (Wildman–Crippen LogP) is 2.80. The van der Waals surface area contributed by atoms with Gasteiger partial charge in [0.25, 0.3) is 5.91 Å². The second-order valence-corrected chi connectivity index (χ2v) is 5.95. The molecule has 0 unspecified atom stereocenters. The van der Waals surface area contributed by atoms with Crippen LogP contribution in [0.2, 0.25) is 0 Å². The Bertz CT molecular complexity index is 771. The number of carbonyl (C=O) groups excluding carboxylic acids is 2. The van der Waals surface area contributed by atoms with Crippen LogP contribution in [0.4, 0.5) is 0 Å². The molecule has 126 valence electrons. The van der Waals surface area contributed by atoms with Gasteiger partial charge in [-0.3, -0.25) is 14.6 Å². The first kappa shape index (κ1) is 16.4. The maximum Gasteiger partial charge on any atom is 0.305 e. The maximum atomic E-state index is 12.7. The van der Waals surface area contributed by atoms with E-state index in [1.54, 1.807) is 6.92 Å². The van der Waals surface area contributed by atoms with Gasteiger partial charge >= 0.3 is 5.97 Å². The number of rotatable bonds is 6. The van der Waals surface area contributed by atoms with Crippen LogP contribution in [0.15, 0.2) is 24.3 Å². The number of aryl methyl sites for hydroxylation is 1. The summed E-state index contributed by atoms with van der Waals surface area (Å²) in [6, 6.07) is 7.78. The number of amides is 1. The summed E-state index contributed by atoms with van der Waals surface area (Å²) in [5.41, 5.74) is 3.75. The van der Waals surface area contributed by atoms with E-state index in [0.29, 0.717) is 26.0 Å². The molecule has 1 aromatic carbocycles. The Labute approximate surface area is 141 Å². The van der Waals surface area contributed by atoms with E-state index in [1.807, 2.05) is 24.3 Å². The van der Waals surface area contributed by atoms with Crippen molar-refractivity contribution in [1.82, 2.24) is 10.3 Å². The molecule has 0 spiro atoms. The van der Waals surface area contributed by atoms with Crippen molar-refractivity contribution in [1.29, 1.82) is 0 Å². The van der Waals surface area contributed by atoms with E-state index < -0.39 is 0 Å². The zero-order valence-electron chi connectivity index (χ0n) is 13.9. The highest BCUT2D eigenvalue weighted by Crippen LogP contribution is 2.29. The Morgan fingerprint density at radius 2 is 2.08 bits per heavy atom. The lowest BCUT2D eigenvalue weighted by atomic mass is 10.0. The number of pyridine rings is 1. The first-order chi connectivity index (χ1) is 11.7. The number of nitrogens with zero attached hydrogens (tertiary/aromatic N) is 1. The molecule has 0 bridgehead atoms. The molecule has 1 amide bonds. The van der Waals surface area contributed by atoms with Gasteiger partial charge in [-0.1, -0.05) is 18.2 Å². The number of hydrogen-bond acceptors (Lipinski definition) is 4. The SMILES string of the molecule is CCOC(=O)CCCNC(=O)c1c2c(nc3ccccc13)CCC2. The van der Waals surface area contributed by atoms with Gasteiger partial charge in [0.05, 0.1) is 17.7 Å². The molecule has 1 aromatic heterocycles. The molecule has 5 nitrogen and oxygen atoms in total. The number of aromatic nitrogens is 1. The Hall–Kier alpha value is -2.43. The molecule has 1 aliphatic rings. The molecule has 2 aromatic rings. The summed E-state index contributed by atoms with van der Waals surface area (Å²) in [6.07, 6.45) is 3.78. The summed E-state index contributed by atoms with van der Waals surface area (Å²) in [4.78, 5) is 28.8. The summed E-state index contributed by atoms with van der Waals surface area (Å²) >= 11 is 0. The van der Waals surface area contributed by atoms with Gasteiger partial charge in [0.2, 0.25) is 0 Å². The van der Waals surface area contributed by atoms with Crippen molar-refractivity contribution < 1.29 is 14.3 Å². The van der Waals surface area contributed by atoms with Gasteiger partial charge in [-0.15, -0.1) is 0 Å². The minimum absolute atomic E-state index is 0.0735. The van der Waals surface area contributed by atoms with E-state index in [-0.39, 0.29) is 11.9 Å². The number of nitrogens with one attached hydrogen (secondary N) is 1. The monoisotopic (exact) mass is 326 g/mol. The number of benzene rings is 1. The Morgan fingerprint density at radius 1 is 1.25 bits per heavy atom. The van der Waals surface area contributed by atoms with Crippen molar-refractivity contribution >= 4 is 22.8 Å². The van der Waals surface area contributed by atoms with Gasteiger partial charge in [0.15, 0.2) is 0 Å². The second-order valence-electron chi connectivity index (χ2n) is 5.95. The van der Waals surface area contributed by atoms with Crippen molar-refractivity contribution in [3.05, 3.63) is 41.1 Å². The molecule has 1 aliphatic carbocycles. The van der Waals surface area contributed by atoms with Crippen molar-refractivity contribution in [2.45, 2.75) is 39.0 Å². The van der Waals surface area contributed by atoms with Crippen LogP contribution in [0.5, 0.6) is 0 Å². The Morgan fingerprint density at radius 3 is 2.92 bits per heavy atom. The van der Waals surface area contributed by atoms with Gasteiger partial charge in [-0.2, -0.15) is 0 Å². The van der Waals surface area contributed by atoms with E-state index in [4.69, 9.17) is 9.72 Å². The zero-order chi connectivity index (χ0) is 16.9. The molecule has 24 heavy (non-hydrogen) atoms. The fraction of sp³-hybridized carbons (Fsp3) is 0.421. The number of fused-ring (bicyclic) bond motifs is 2. The van der Waals surface area contributed by atoms with Crippen molar-refractivity contribution in [3.8, 4) is 0 Å². The maximum absolute atomic E-state index is 12.7. The number of hydrogen-bond donors (Lipinski definition) is 1. The first-order valence-electron chi connectivity index (χ1n) is 8.55. The average molecular weight is 326 g/mol. The molecule has 1 N–H and O–H groups in total. The number of carbonyl (C=O) groups is 2. The van der Waals surface area contributed by atoms with Gasteiger partial charge < -0.3 is 10.1 Å². The Kier molecular flexibility index (Phi) is 5.08. The highest BCUT2D eigenvalue weighted by atomic mass is 16.5. The third kappa shape index (κ3) is 3.40. The molecule has 0 radical (unpaired) electrons. The number of esters is 1. The van der Waals surface area contributed by atoms with E-state index in [1.165, 1.54) is 0 Å². The first-order valence-corrected chi connectivity index (χ1v) is 8.55. The van der Waals surface area contributed by atoms with E-state index >= 15 is 0 Å². The van der Waals surface area contributed by atoms with Crippen LogP contribution in [0.1, 0.15) is 47.8 Å². The largest absolute Gasteiger partial charge is 0.466 e. The van der Waals surface area contributed by atoms with Crippen molar-refractivity contribution in [2.24, 2.45) is 0 Å². The molecule has 0 saturated carbocycles. The lowest BCUT2D eigenvalue weighted by Crippen LogP contribution is -2.26. The van der Waals surface area contributed by atoms with Crippen LogP contribution >= 0.6 is 0 Å². The van der Waals surface area contributed by atoms with Crippen LogP contribution in [0, 0.1) is 0 Å². The van der Waals surface area contributed by atoms with Crippen molar-refractivity contribution in [2.75, 3.05) is 13.2 Å². The third-order valence-electron chi connectivity index (χ3n) is 4.29. The van der Waals surface area contributed by atoms with E-state index in [2.05, 4.69) is 5.32 Å². The molecule has 1 heterocycles. The fourth-order valence-corrected chi connectivity index (χ4v) is 3.23. The third-order valence-corrected chi connectivity index (χ3v) is 4.29. The summed E-state index contributed by atoms with van der Waals surface area (Å²) < 4.78 is 4.89. The quantitative estimate of drug-likeness (QED) is 0.655. The topological polar surface area (TPSA) is 68.3 Å². The second kappa shape index (κ2) is 7.43. The van der Waals surface area contributed by atoms with Gasteiger partial charge in [0, 0.05) is 24.0 Å². The average Bonchev–Trinajstić information content (AvgIpc) is 3.04. The number of para-hydroxylation sites is 1. The molecule has 0 saturated heterocycles. The smallest absolute Gasteiger partial charge is 0.305 e. The minimum atomic E-state index is -0.220. The lowest BCUT2D eigenvalue weighted by Gasteiger charge is -2.12. The molecule has 0 fully saturated rings. The molecule has 0 atom stereocenters. The molecular formula is C19H22N2O3. The molecule has 5 heteroatoms. The molecule has 0 aliphatic heterocycles. The van der Waals surface area contributed by atoms with Gasteiger partial charge in [0.1, 0.15) is 0 Å². The summed E-state index contributed by atoms with van der Waals surface area (Å²) in [6.45, 7) is 2.64. The van der Waals surface area contributed by atoms with Crippen LogP contribution in [0.25, 0.3) is 10.9 Å². The summed E-state index contributed by atoms with van der Waals surface area (Å²) in [5, 5.41) is 3.85. The molecular weight excluding hydrogens is 304 g/mol. The lowest BCUT2D eigenvalue weighted by molar-refractivity contribution is -0.143. The Balaban J connectivity index is 1.74. The van der Waals surface area contributed by atoms with E-state index in [0.717, 1.165) is 47.0 Å². The summed E-state index contributed by atoms with van der Waals surface area (Å²) in [5.74, 6) is -0.294. The minimum Gasteiger partial charge on any atom is -0.466 e. The van der Waals surface area contributed by atoms with Crippen LogP contribution in [-0.2, 0) is 22.4 Å². The predicted molar refractivity (Wildman–Crippen MR) is 92.0 cm³/mol. The fourth-order valence-electron chi connectivity index (χ4n) is 3.23. The number of ether oxygens (including phenoxy) is 1. The molecule has 3 rings (SSSR count). The van der Waals surface area contributed by atoms with Crippen LogP contribution < -0.4 is 5.32 Å². The van der Waals surface area contributed by atoms with Crippen molar-refractivity contribution in [3.63, 3.8) is 0 Å². The highest BCUT2D eigenvalue weighted by Gasteiger charge is 2.23. The highest BCUT2D eigenvalue weighted by molar-refractivity contribution is 6.07. The van der Waals surface area contributed by atoms with Crippen LogP contribution in [0.3, 0.4) is 0 Å². The summed E-state index contributed by atoms with van der Waals surface area (Å²) in [7, 11) is 0. The standard InChI is InChI=1S/C19H22N2O3/c1-2-24-17(22)11-6-12-20-19(23)18-13-7-3-4-9-15(13)21-16-10-5-8-14(16)18/h3-4,7,9H,2,5-6,8,10-12H2,1H3,(H,20,23). The normalized spacial score (nSPS) is 12.9. The van der Waals surface area contributed by atoms with Gasteiger partial charge in [-0.05, 0) is 44.2 Å². The van der Waals surface area contributed by atoms with Gasteiger partial charge in [-0.25, -0.2) is 0 Å². The van der Waals surface area contributed by atoms with E-state index in [9.17, 15) is 9.59 Å². The van der Waals surface area contributed by atoms with Crippen LogP contribution in [-0.4, -0.2) is 30.0 Å². The zero-order valence-corrected chi connectivity index (χ0v) is 13.9.